The molecule has 22 heavy (non-hydrogen) atoms. The molecule has 0 spiro atoms. The predicted octanol–water partition coefficient (Wildman–Crippen LogP) is 6.38. The molecule has 0 aliphatic heterocycles. The first-order valence-electron chi connectivity index (χ1n) is 9.61. The van der Waals surface area contributed by atoms with E-state index in [4.69, 9.17) is 4.74 Å². The van der Waals surface area contributed by atoms with Crippen molar-refractivity contribution in [2.45, 2.75) is 98.8 Å². The highest BCUT2D eigenvalue weighted by molar-refractivity contribution is 5.69. The maximum atomic E-state index is 11.6. The molecule has 0 aromatic carbocycles. The number of hydrogen-bond donors (Lipinski definition) is 0. The van der Waals surface area contributed by atoms with Crippen LogP contribution in [0.4, 0.5) is 0 Å². The van der Waals surface area contributed by atoms with Crippen LogP contribution in [-0.2, 0) is 9.53 Å². The third-order valence-corrected chi connectivity index (χ3v) is 4.47. The van der Waals surface area contributed by atoms with Crippen LogP contribution in [0.25, 0.3) is 0 Å². The third kappa shape index (κ3) is 14.4. The van der Waals surface area contributed by atoms with Crippen LogP contribution in [-0.4, -0.2) is 12.6 Å². The maximum Gasteiger partial charge on any atom is 0.305 e. The number of ether oxygens (including phenoxy) is 1. The highest BCUT2D eigenvalue weighted by atomic mass is 16.5. The molecule has 0 radical (unpaired) electrons. The van der Waals surface area contributed by atoms with Gasteiger partial charge in [0.05, 0.1) is 6.61 Å². The summed E-state index contributed by atoms with van der Waals surface area (Å²) in [6.45, 7) is 12.0. The molecule has 132 valence electrons. The smallest absolute Gasteiger partial charge is 0.305 e. The van der Waals surface area contributed by atoms with Crippen LogP contribution in [0.5, 0.6) is 0 Å². The Morgan fingerprint density at radius 3 is 1.91 bits per heavy atom. The SMILES string of the molecule is CCCCOC(=O)CCC(C)CCCC(C)CCCC(C)C. The van der Waals surface area contributed by atoms with Gasteiger partial charge in [0.1, 0.15) is 0 Å². The molecule has 2 heteroatoms. The summed E-state index contributed by atoms with van der Waals surface area (Å²) in [5.41, 5.74) is 0. The van der Waals surface area contributed by atoms with Gasteiger partial charge in [-0.3, -0.25) is 4.79 Å². The van der Waals surface area contributed by atoms with Crippen molar-refractivity contribution in [3.05, 3.63) is 0 Å². The minimum atomic E-state index is -0.0117. The quantitative estimate of drug-likeness (QED) is 0.275. The van der Waals surface area contributed by atoms with Gasteiger partial charge in [-0.25, -0.2) is 0 Å². The molecule has 2 nitrogen and oxygen atoms in total. The van der Waals surface area contributed by atoms with Crippen LogP contribution in [0.15, 0.2) is 0 Å². The summed E-state index contributed by atoms with van der Waals surface area (Å²) in [4.78, 5) is 11.6. The summed E-state index contributed by atoms with van der Waals surface area (Å²) in [6.07, 6.45) is 11.6. The van der Waals surface area contributed by atoms with Gasteiger partial charge in [-0.2, -0.15) is 0 Å². The molecule has 0 heterocycles. The first-order chi connectivity index (χ1) is 10.5. The number of unbranched alkanes of at least 4 members (excludes halogenated alkanes) is 1. The van der Waals surface area contributed by atoms with Crippen molar-refractivity contribution in [2.75, 3.05) is 6.61 Å². The molecular weight excluding hydrogens is 272 g/mol. The van der Waals surface area contributed by atoms with E-state index >= 15 is 0 Å². The summed E-state index contributed by atoms with van der Waals surface area (Å²) < 4.78 is 5.20. The molecule has 2 atom stereocenters. The number of carbonyl (C=O) groups excluding carboxylic acids is 1. The molecule has 0 aliphatic carbocycles. The Morgan fingerprint density at radius 2 is 1.36 bits per heavy atom. The minimum Gasteiger partial charge on any atom is -0.466 e. The summed E-state index contributed by atoms with van der Waals surface area (Å²) >= 11 is 0. The molecule has 0 bridgehead atoms. The second-order valence-electron chi connectivity index (χ2n) is 7.58. The Morgan fingerprint density at radius 1 is 0.818 bits per heavy atom. The minimum absolute atomic E-state index is 0.0117. The van der Waals surface area contributed by atoms with E-state index in [9.17, 15) is 4.79 Å². The van der Waals surface area contributed by atoms with Gasteiger partial charge < -0.3 is 4.74 Å². The van der Waals surface area contributed by atoms with E-state index in [0.29, 0.717) is 18.9 Å². The van der Waals surface area contributed by atoms with E-state index in [1.165, 1.54) is 38.5 Å². The first-order valence-corrected chi connectivity index (χ1v) is 9.61. The van der Waals surface area contributed by atoms with Crippen LogP contribution in [0, 0.1) is 17.8 Å². The lowest BCUT2D eigenvalue weighted by molar-refractivity contribution is -0.144. The molecule has 0 rings (SSSR count). The van der Waals surface area contributed by atoms with Crippen LogP contribution in [0.1, 0.15) is 98.8 Å². The van der Waals surface area contributed by atoms with E-state index in [0.717, 1.165) is 31.1 Å². The Kier molecular flexibility index (Phi) is 13.7. The van der Waals surface area contributed by atoms with E-state index < -0.39 is 0 Å². The van der Waals surface area contributed by atoms with E-state index in [1.807, 2.05) is 0 Å². The lowest BCUT2D eigenvalue weighted by Gasteiger charge is -2.14. The van der Waals surface area contributed by atoms with Gasteiger partial charge in [-0.15, -0.1) is 0 Å². The zero-order valence-corrected chi connectivity index (χ0v) is 15.8. The van der Waals surface area contributed by atoms with Crippen molar-refractivity contribution in [1.82, 2.24) is 0 Å². The summed E-state index contributed by atoms with van der Waals surface area (Å²) in [7, 11) is 0. The normalized spacial score (nSPS) is 14.1. The summed E-state index contributed by atoms with van der Waals surface area (Å²) in [6, 6.07) is 0. The molecule has 0 amide bonds. The Balaban J connectivity index is 3.52. The second-order valence-corrected chi connectivity index (χ2v) is 7.58. The van der Waals surface area contributed by atoms with E-state index in [1.54, 1.807) is 0 Å². The standard InChI is InChI=1S/C20H40O2/c1-6-7-16-22-20(21)15-14-19(5)13-9-12-18(4)11-8-10-17(2)3/h17-19H,6-16H2,1-5H3. The van der Waals surface area contributed by atoms with Crippen molar-refractivity contribution < 1.29 is 9.53 Å². The zero-order chi connectivity index (χ0) is 16.8. The van der Waals surface area contributed by atoms with Gasteiger partial charge in [0.25, 0.3) is 0 Å². The first kappa shape index (κ1) is 21.5. The highest BCUT2D eigenvalue weighted by Gasteiger charge is 2.09. The third-order valence-electron chi connectivity index (χ3n) is 4.47. The Hall–Kier alpha value is -0.530. The maximum absolute atomic E-state index is 11.6. The fourth-order valence-electron chi connectivity index (χ4n) is 2.74. The average molecular weight is 313 g/mol. The fourth-order valence-corrected chi connectivity index (χ4v) is 2.74. The monoisotopic (exact) mass is 312 g/mol. The van der Waals surface area contributed by atoms with Gasteiger partial charge in [-0.1, -0.05) is 79.6 Å². The molecule has 0 fully saturated rings. The van der Waals surface area contributed by atoms with Gasteiger partial charge in [-0.05, 0) is 30.6 Å². The Bertz CT molecular complexity index is 260. The van der Waals surface area contributed by atoms with Crippen LogP contribution >= 0.6 is 0 Å². The highest BCUT2D eigenvalue weighted by Crippen LogP contribution is 2.21. The van der Waals surface area contributed by atoms with Gasteiger partial charge in [0, 0.05) is 6.42 Å². The van der Waals surface area contributed by atoms with Crippen molar-refractivity contribution in [3.63, 3.8) is 0 Å². The number of esters is 1. The Labute approximate surface area is 139 Å². The van der Waals surface area contributed by atoms with Crippen molar-refractivity contribution >= 4 is 5.97 Å². The zero-order valence-electron chi connectivity index (χ0n) is 15.8. The van der Waals surface area contributed by atoms with Crippen LogP contribution in [0.2, 0.25) is 0 Å². The molecule has 0 aromatic heterocycles. The molecule has 0 aliphatic rings. The number of rotatable bonds is 14. The van der Waals surface area contributed by atoms with Gasteiger partial charge >= 0.3 is 5.97 Å². The van der Waals surface area contributed by atoms with Crippen molar-refractivity contribution in [3.8, 4) is 0 Å². The molecule has 0 aromatic rings. The van der Waals surface area contributed by atoms with Crippen molar-refractivity contribution in [1.29, 1.82) is 0 Å². The lowest BCUT2D eigenvalue weighted by atomic mass is 9.92. The molecule has 2 unspecified atom stereocenters. The summed E-state index contributed by atoms with van der Waals surface area (Å²) in [5, 5.41) is 0. The molecular formula is C20H40O2. The van der Waals surface area contributed by atoms with E-state index in [2.05, 4.69) is 34.6 Å². The fraction of sp³-hybridized carbons (Fsp3) is 0.950. The predicted molar refractivity (Wildman–Crippen MR) is 96.0 cm³/mol. The molecule has 0 saturated carbocycles. The van der Waals surface area contributed by atoms with Gasteiger partial charge in [0.2, 0.25) is 0 Å². The molecule has 0 N–H and O–H groups in total. The topological polar surface area (TPSA) is 26.3 Å². The number of carbonyl (C=O) groups is 1. The lowest BCUT2D eigenvalue weighted by Crippen LogP contribution is -2.08. The van der Waals surface area contributed by atoms with Crippen molar-refractivity contribution in [2.24, 2.45) is 17.8 Å². The summed E-state index contributed by atoms with van der Waals surface area (Å²) in [5.74, 6) is 2.32. The second kappa shape index (κ2) is 14.1. The molecule has 0 saturated heterocycles. The average Bonchev–Trinajstić information content (AvgIpc) is 2.45. The van der Waals surface area contributed by atoms with Crippen LogP contribution in [0.3, 0.4) is 0 Å². The van der Waals surface area contributed by atoms with Crippen LogP contribution < -0.4 is 0 Å². The van der Waals surface area contributed by atoms with Gasteiger partial charge in [0.15, 0.2) is 0 Å². The largest absolute Gasteiger partial charge is 0.466 e. The van der Waals surface area contributed by atoms with E-state index in [-0.39, 0.29) is 5.97 Å². The number of hydrogen-bond acceptors (Lipinski definition) is 2.